The molecule has 1 aliphatic carbocycles. The number of nitrogens with zero attached hydrogens (tertiary/aromatic N) is 2. The Morgan fingerprint density at radius 3 is 1.74 bits per heavy atom. The van der Waals surface area contributed by atoms with Crippen molar-refractivity contribution in [3.05, 3.63) is 157 Å². The Morgan fingerprint density at radius 2 is 1.04 bits per heavy atom. The van der Waals surface area contributed by atoms with Crippen LogP contribution in [-0.2, 0) is 5.41 Å². The van der Waals surface area contributed by atoms with E-state index in [2.05, 4.69) is 152 Å². The number of pyridine rings is 2. The standard InChI is InChI=1S/C45H30N2/c1-45(2)38-9-5-3-7-36(38)44-43(45)42(37-8-4-6-10-39(37)47-44)31-13-11-27(12-14-31)32-19-15-29-18-22-35-33(28-23-25-46-26-24-28)20-16-30-17-21-34(32)40(29)41(30)35/h3-26H,1-2H3. The SMILES string of the molecule is CC1(C)c2ccccc2-c2nc3ccccc3c(-c3ccc(-c4ccc5ccc6c(-c7ccncc7)ccc7ccc4c5c76)cc3)c21. The fourth-order valence-electron chi connectivity index (χ4n) is 8.34. The Hall–Kier alpha value is -5.86. The third kappa shape index (κ3) is 3.67. The maximum Gasteiger partial charge on any atom is 0.0759 e. The molecule has 0 N–H and O–H groups in total. The van der Waals surface area contributed by atoms with Gasteiger partial charge in [-0.05, 0) is 95.0 Å². The third-order valence-corrected chi connectivity index (χ3v) is 10.5. The van der Waals surface area contributed by atoms with Gasteiger partial charge < -0.3 is 0 Å². The number of para-hydroxylation sites is 1. The lowest BCUT2D eigenvalue weighted by molar-refractivity contribution is 0.662. The molecule has 7 aromatic carbocycles. The highest BCUT2D eigenvalue weighted by atomic mass is 14.7. The van der Waals surface area contributed by atoms with Crippen molar-refractivity contribution in [3.8, 4) is 44.6 Å². The van der Waals surface area contributed by atoms with E-state index in [1.54, 1.807) is 0 Å². The summed E-state index contributed by atoms with van der Waals surface area (Å²) in [5.41, 5.74) is 13.3. The Morgan fingerprint density at radius 1 is 0.468 bits per heavy atom. The molecule has 10 rings (SSSR count). The van der Waals surface area contributed by atoms with Gasteiger partial charge in [0.05, 0.1) is 11.2 Å². The van der Waals surface area contributed by atoms with Crippen LogP contribution in [0.25, 0.3) is 87.9 Å². The van der Waals surface area contributed by atoms with Gasteiger partial charge >= 0.3 is 0 Å². The van der Waals surface area contributed by atoms with Crippen LogP contribution in [0.4, 0.5) is 0 Å². The summed E-state index contributed by atoms with van der Waals surface area (Å²) >= 11 is 0. The second-order valence-electron chi connectivity index (χ2n) is 13.4. The number of rotatable bonds is 3. The van der Waals surface area contributed by atoms with E-state index in [-0.39, 0.29) is 5.41 Å². The van der Waals surface area contributed by atoms with Crippen LogP contribution in [0.1, 0.15) is 25.0 Å². The van der Waals surface area contributed by atoms with E-state index in [9.17, 15) is 0 Å². The molecule has 2 heteroatoms. The summed E-state index contributed by atoms with van der Waals surface area (Å²) in [5, 5.41) is 8.96. The van der Waals surface area contributed by atoms with Crippen molar-refractivity contribution in [2.75, 3.05) is 0 Å². The van der Waals surface area contributed by atoms with Crippen LogP contribution in [0.3, 0.4) is 0 Å². The molecule has 220 valence electrons. The average molecular weight is 599 g/mol. The molecule has 1 aliphatic rings. The first-order valence-corrected chi connectivity index (χ1v) is 16.3. The second kappa shape index (κ2) is 9.57. The summed E-state index contributed by atoms with van der Waals surface area (Å²) in [7, 11) is 0. The Labute approximate surface area is 273 Å². The smallest absolute Gasteiger partial charge is 0.0759 e. The van der Waals surface area contributed by atoms with Gasteiger partial charge in [0.25, 0.3) is 0 Å². The van der Waals surface area contributed by atoms with Gasteiger partial charge in [-0.15, -0.1) is 0 Å². The minimum absolute atomic E-state index is 0.155. The first kappa shape index (κ1) is 26.4. The van der Waals surface area contributed by atoms with Crippen molar-refractivity contribution in [2.45, 2.75) is 19.3 Å². The van der Waals surface area contributed by atoms with Crippen LogP contribution in [0.2, 0.25) is 0 Å². The fraction of sp³-hybridized carbons (Fsp3) is 0.0667. The maximum atomic E-state index is 5.24. The number of fused-ring (bicyclic) bond motifs is 4. The van der Waals surface area contributed by atoms with Crippen LogP contribution in [0.5, 0.6) is 0 Å². The molecule has 0 aliphatic heterocycles. The predicted octanol–water partition coefficient (Wildman–Crippen LogP) is 11.8. The molecule has 0 atom stereocenters. The van der Waals surface area contributed by atoms with Crippen LogP contribution >= 0.6 is 0 Å². The first-order valence-electron chi connectivity index (χ1n) is 16.3. The van der Waals surface area contributed by atoms with Gasteiger partial charge in [-0.3, -0.25) is 4.98 Å². The summed E-state index contributed by atoms with van der Waals surface area (Å²) in [5.74, 6) is 0. The molecule has 0 amide bonds. The van der Waals surface area contributed by atoms with E-state index >= 15 is 0 Å². The zero-order chi connectivity index (χ0) is 31.3. The van der Waals surface area contributed by atoms with E-state index in [1.165, 1.54) is 87.8 Å². The molecule has 0 radical (unpaired) electrons. The highest BCUT2D eigenvalue weighted by Crippen LogP contribution is 2.53. The third-order valence-electron chi connectivity index (χ3n) is 10.5. The molecule has 0 fully saturated rings. The Balaban J connectivity index is 1.17. The van der Waals surface area contributed by atoms with Gasteiger partial charge in [0.2, 0.25) is 0 Å². The van der Waals surface area contributed by atoms with E-state index in [4.69, 9.17) is 4.98 Å². The summed E-state index contributed by atoms with van der Waals surface area (Å²) in [6.45, 7) is 4.69. The van der Waals surface area contributed by atoms with Crippen LogP contribution in [-0.4, -0.2) is 9.97 Å². The highest BCUT2D eigenvalue weighted by Gasteiger charge is 2.39. The van der Waals surface area contributed by atoms with Crippen molar-refractivity contribution in [1.82, 2.24) is 9.97 Å². The van der Waals surface area contributed by atoms with Crippen molar-refractivity contribution >= 4 is 43.2 Å². The molecule has 0 unspecified atom stereocenters. The lowest BCUT2D eigenvalue weighted by Crippen LogP contribution is -2.16. The lowest BCUT2D eigenvalue weighted by Gasteiger charge is -2.25. The molecule has 2 heterocycles. The van der Waals surface area contributed by atoms with Gasteiger partial charge in [0.15, 0.2) is 0 Å². The summed E-state index contributed by atoms with van der Waals surface area (Å²) in [6, 6.07) is 49.0. The van der Waals surface area contributed by atoms with E-state index in [0.717, 1.165) is 11.2 Å². The minimum atomic E-state index is -0.155. The van der Waals surface area contributed by atoms with Crippen molar-refractivity contribution < 1.29 is 0 Å². The van der Waals surface area contributed by atoms with Crippen LogP contribution < -0.4 is 0 Å². The molecule has 0 saturated heterocycles. The molecular formula is C45H30N2. The zero-order valence-corrected chi connectivity index (χ0v) is 26.3. The zero-order valence-electron chi connectivity index (χ0n) is 26.3. The molecule has 0 saturated carbocycles. The summed E-state index contributed by atoms with van der Waals surface area (Å²) in [4.78, 5) is 9.49. The van der Waals surface area contributed by atoms with E-state index in [1.807, 2.05) is 12.4 Å². The Bertz CT molecular complexity index is 2680. The number of hydrogen-bond acceptors (Lipinski definition) is 2. The van der Waals surface area contributed by atoms with Crippen molar-refractivity contribution in [2.24, 2.45) is 0 Å². The molecule has 0 bridgehead atoms. The fourth-order valence-corrected chi connectivity index (χ4v) is 8.34. The molecule has 0 spiro atoms. The number of benzene rings is 7. The second-order valence-corrected chi connectivity index (χ2v) is 13.4. The van der Waals surface area contributed by atoms with E-state index < -0.39 is 0 Å². The highest BCUT2D eigenvalue weighted by molar-refractivity contribution is 6.27. The molecule has 9 aromatic rings. The molecule has 2 nitrogen and oxygen atoms in total. The minimum Gasteiger partial charge on any atom is -0.265 e. The molecule has 47 heavy (non-hydrogen) atoms. The van der Waals surface area contributed by atoms with Gasteiger partial charge in [0, 0.05) is 28.8 Å². The topological polar surface area (TPSA) is 25.8 Å². The largest absolute Gasteiger partial charge is 0.265 e. The van der Waals surface area contributed by atoms with Crippen molar-refractivity contribution in [3.63, 3.8) is 0 Å². The van der Waals surface area contributed by atoms with Gasteiger partial charge in [-0.25, -0.2) is 4.98 Å². The molecule has 2 aromatic heterocycles. The number of aromatic nitrogens is 2. The molecular weight excluding hydrogens is 569 g/mol. The van der Waals surface area contributed by atoms with Gasteiger partial charge in [0.1, 0.15) is 0 Å². The Kier molecular flexibility index (Phi) is 5.37. The lowest BCUT2D eigenvalue weighted by atomic mass is 9.78. The quantitative estimate of drug-likeness (QED) is 0.189. The van der Waals surface area contributed by atoms with E-state index in [0.29, 0.717) is 0 Å². The van der Waals surface area contributed by atoms with Crippen molar-refractivity contribution in [1.29, 1.82) is 0 Å². The van der Waals surface area contributed by atoms with Crippen LogP contribution in [0, 0.1) is 0 Å². The first-order chi connectivity index (χ1) is 23.1. The maximum absolute atomic E-state index is 5.24. The summed E-state index contributed by atoms with van der Waals surface area (Å²) < 4.78 is 0. The van der Waals surface area contributed by atoms with Gasteiger partial charge in [-0.2, -0.15) is 0 Å². The van der Waals surface area contributed by atoms with Gasteiger partial charge in [-0.1, -0.05) is 129 Å². The predicted molar refractivity (Wildman–Crippen MR) is 197 cm³/mol. The van der Waals surface area contributed by atoms with Crippen LogP contribution in [0.15, 0.2) is 146 Å². The summed E-state index contributed by atoms with van der Waals surface area (Å²) in [6.07, 6.45) is 3.75. The normalized spacial score (nSPS) is 13.5. The number of hydrogen-bond donors (Lipinski definition) is 0. The monoisotopic (exact) mass is 598 g/mol. The average Bonchev–Trinajstić information content (AvgIpc) is 3.35.